The van der Waals surface area contributed by atoms with Crippen molar-refractivity contribution in [1.82, 2.24) is 0 Å². The highest BCUT2D eigenvalue weighted by atomic mass is 16.6. The van der Waals surface area contributed by atoms with E-state index in [-0.39, 0.29) is 13.2 Å². The Balaban J connectivity index is 5.26. The van der Waals surface area contributed by atoms with Crippen molar-refractivity contribution in [2.24, 2.45) is 5.41 Å². The van der Waals surface area contributed by atoms with Gasteiger partial charge in [0.2, 0.25) is 5.41 Å². The van der Waals surface area contributed by atoms with E-state index in [4.69, 9.17) is 9.47 Å². The van der Waals surface area contributed by atoms with Gasteiger partial charge in [0, 0.05) is 0 Å². The van der Waals surface area contributed by atoms with Crippen LogP contribution in [0.5, 0.6) is 0 Å². The van der Waals surface area contributed by atoms with Crippen LogP contribution in [0.4, 0.5) is 0 Å². The lowest BCUT2D eigenvalue weighted by Crippen LogP contribution is -2.45. The lowest BCUT2D eigenvalue weighted by atomic mass is 9.85. The first-order chi connectivity index (χ1) is 7.94. The van der Waals surface area contributed by atoms with Crippen LogP contribution in [-0.4, -0.2) is 30.9 Å². The van der Waals surface area contributed by atoms with Crippen LogP contribution in [0.3, 0.4) is 0 Å². The number of allylic oxidation sites excluding steroid dienone is 2. The number of esters is 2. The Hall–Kier alpha value is -1.65. The molecule has 0 saturated heterocycles. The second-order valence-electron chi connectivity index (χ2n) is 3.43. The molecule has 0 fully saturated rings. The first kappa shape index (κ1) is 15.3. The van der Waals surface area contributed by atoms with E-state index in [2.05, 4.69) is 0 Å². The Bertz CT molecular complexity index is 312. The fraction of sp³-hybridized carbons (Fsp3) is 0.583. The Labute approximate surface area is 101 Å². The van der Waals surface area contributed by atoms with Crippen LogP contribution in [0, 0.1) is 5.41 Å². The molecule has 0 aliphatic carbocycles. The van der Waals surface area contributed by atoms with Gasteiger partial charge in [-0.05, 0) is 33.8 Å². The third-order valence-electron chi connectivity index (χ3n) is 2.18. The molecule has 17 heavy (non-hydrogen) atoms. The number of ketones is 1. The van der Waals surface area contributed by atoms with E-state index in [1.165, 1.54) is 13.0 Å². The van der Waals surface area contributed by atoms with E-state index in [1.807, 2.05) is 0 Å². The van der Waals surface area contributed by atoms with Crippen LogP contribution in [0.2, 0.25) is 0 Å². The highest BCUT2D eigenvalue weighted by Gasteiger charge is 2.49. The van der Waals surface area contributed by atoms with Gasteiger partial charge in [0.05, 0.1) is 13.2 Å². The summed E-state index contributed by atoms with van der Waals surface area (Å²) >= 11 is 0. The number of rotatable bonds is 6. The van der Waals surface area contributed by atoms with Crippen molar-refractivity contribution >= 4 is 17.7 Å². The average Bonchev–Trinajstić information content (AvgIpc) is 2.28. The van der Waals surface area contributed by atoms with Crippen LogP contribution in [-0.2, 0) is 23.9 Å². The summed E-state index contributed by atoms with van der Waals surface area (Å²) in [5.74, 6) is -2.42. The van der Waals surface area contributed by atoms with Gasteiger partial charge in [-0.15, -0.1) is 0 Å². The summed E-state index contributed by atoms with van der Waals surface area (Å²) in [4.78, 5) is 35.2. The molecule has 0 unspecified atom stereocenters. The number of carbonyl (C=O) groups is 3. The molecule has 0 bridgehead atoms. The third kappa shape index (κ3) is 3.41. The molecule has 0 aliphatic rings. The first-order valence-corrected chi connectivity index (χ1v) is 5.46. The van der Waals surface area contributed by atoms with E-state index >= 15 is 0 Å². The molecule has 5 heteroatoms. The second-order valence-corrected chi connectivity index (χ2v) is 3.43. The first-order valence-electron chi connectivity index (χ1n) is 5.46. The fourth-order valence-corrected chi connectivity index (χ4v) is 1.15. The van der Waals surface area contributed by atoms with E-state index in [0.29, 0.717) is 0 Å². The number of carbonyl (C=O) groups excluding carboxylic acids is 3. The van der Waals surface area contributed by atoms with Gasteiger partial charge < -0.3 is 9.47 Å². The highest BCUT2D eigenvalue weighted by Crippen LogP contribution is 2.23. The van der Waals surface area contributed by atoms with E-state index in [0.717, 1.165) is 6.08 Å². The zero-order valence-electron chi connectivity index (χ0n) is 10.6. The molecule has 0 aromatic rings. The Morgan fingerprint density at radius 3 is 1.76 bits per heavy atom. The topological polar surface area (TPSA) is 69.7 Å². The normalized spacial score (nSPS) is 11.3. The summed E-state index contributed by atoms with van der Waals surface area (Å²) in [6.07, 6.45) is 2.62. The lowest BCUT2D eigenvalue weighted by molar-refractivity contribution is -0.172. The average molecular weight is 242 g/mol. The smallest absolute Gasteiger partial charge is 0.331 e. The molecule has 0 heterocycles. The lowest BCUT2D eigenvalue weighted by Gasteiger charge is -2.22. The Morgan fingerprint density at radius 1 is 1.06 bits per heavy atom. The zero-order chi connectivity index (χ0) is 13.5. The van der Waals surface area contributed by atoms with Gasteiger partial charge in [-0.2, -0.15) is 0 Å². The molecular weight excluding hydrogens is 224 g/mol. The van der Waals surface area contributed by atoms with Crippen LogP contribution in [0.1, 0.15) is 27.7 Å². The van der Waals surface area contributed by atoms with Gasteiger partial charge >= 0.3 is 11.9 Å². The summed E-state index contributed by atoms with van der Waals surface area (Å²) in [6, 6.07) is 0. The van der Waals surface area contributed by atoms with Crippen molar-refractivity contribution in [1.29, 1.82) is 0 Å². The SMILES string of the molecule is C/C=C/C(=O)C(C)(C(=O)OCC)C(=O)OCC. The summed E-state index contributed by atoms with van der Waals surface area (Å²) in [5.41, 5.74) is -1.92. The number of ether oxygens (including phenoxy) is 2. The molecule has 0 aromatic heterocycles. The maximum atomic E-state index is 11.8. The molecule has 5 nitrogen and oxygen atoms in total. The maximum Gasteiger partial charge on any atom is 0.331 e. The van der Waals surface area contributed by atoms with Crippen LogP contribution >= 0.6 is 0 Å². The molecule has 96 valence electrons. The Kier molecular flexibility index (Phi) is 6.17. The summed E-state index contributed by atoms with van der Waals surface area (Å²) in [7, 11) is 0. The standard InChI is InChI=1S/C12H18O5/c1-5-8-9(13)12(4,10(14)16-6-2)11(15)17-7-3/h5,8H,6-7H2,1-4H3/b8-5+. The predicted octanol–water partition coefficient (Wildman–Crippen LogP) is 1.26. The van der Waals surface area contributed by atoms with E-state index in [9.17, 15) is 14.4 Å². The van der Waals surface area contributed by atoms with Gasteiger partial charge in [-0.25, -0.2) is 0 Å². The number of hydrogen-bond donors (Lipinski definition) is 0. The molecule has 0 aliphatic heterocycles. The summed E-state index contributed by atoms with van der Waals surface area (Å²) in [6.45, 7) is 6.22. The molecule has 0 radical (unpaired) electrons. The van der Waals surface area contributed by atoms with Crippen molar-refractivity contribution in [3.63, 3.8) is 0 Å². The van der Waals surface area contributed by atoms with Crippen molar-refractivity contribution < 1.29 is 23.9 Å². The van der Waals surface area contributed by atoms with Gasteiger partial charge in [0.1, 0.15) is 0 Å². The maximum absolute atomic E-state index is 11.8. The second kappa shape index (κ2) is 6.83. The minimum absolute atomic E-state index is 0.0942. The minimum Gasteiger partial charge on any atom is -0.465 e. The molecule has 0 rings (SSSR count). The molecule has 0 amide bonds. The highest BCUT2D eigenvalue weighted by molar-refractivity contribution is 6.23. The molecule has 0 aromatic carbocycles. The van der Waals surface area contributed by atoms with E-state index < -0.39 is 23.1 Å². The number of hydrogen-bond acceptors (Lipinski definition) is 5. The monoisotopic (exact) mass is 242 g/mol. The molecule has 0 saturated carbocycles. The Morgan fingerprint density at radius 2 is 1.47 bits per heavy atom. The third-order valence-corrected chi connectivity index (χ3v) is 2.18. The fourth-order valence-electron chi connectivity index (χ4n) is 1.15. The van der Waals surface area contributed by atoms with E-state index in [1.54, 1.807) is 20.8 Å². The van der Waals surface area contributed by atoms with Gasteiger partial charge in [-0.3, -0.25) is 14.4 Å². The quantitative estimate of drug-likeness (QED) is 0.398. The van der Waals surface area contributed by atoms with Crippen molar-refractivity contribution in [2.45, 2.75) is 27.7 Å². The van der Waals surface area contributed by atoms with Crippen LogP contribution < -0.4 is 0 Å². The molecule has 0 N–H and O–H groups in total. The zero-order valence-corrected chi connectivity index (χ0v) is 10.6. The predicted molar refractivity (Wildman–Crippen MR) is 61.2 cm³/mol. The molecule has 0 spiro atoms. The molecule has 0 atom stereocenters. The van der Waals surface area contributed by atoms with Crippen molar-refractivity contribution in [3.8, 4) is 0 Å². The summed E-state index contributed by atoms with van der Waals surface area (Å²) in [5, 5.41) is 0. The molecular formula is C12H18O5. The van der Waals surface area contributed by atoms with Crippen LogP contribution in [0.15, 0.2) is 12.2 Å². The van der Waals surface area contributed by atoms with Crippen molar-refractivity contribution in [3.05, 3.63) is 12.2 Å². The minimum atomic E-state index is -1.92. The van der Waals surface area contributed by atoms with Crippen LogP contribution in [0.25, 0.3) is 0 Å². The van der Waals surface area contributed by atoms with Gasteiger partial charge in [-0.1, -0.05) is 6.08 Å². The largest absolute Gasteiger partial charge is 0.465 e. The van der Waals surface area contributed by atoms with Gasteiger partial charge in [0.15, 0.2) is 5.78 Å². The summed E-state index contributed by atoms with van der Waals surface area (Å²) < 4.78 is 9.49. The van der Waals surface area contributed by atoms with Crippen molar-refractivity contribution in [2.75, 3.05) is 13.2 Å². The van der Waals surface area contributed by atoms with Gasteiger partial charge in [0.25, 0.3) is 0 Å².